The zero-order valence-corrected chi connectivity index (χ0v) is 12.0. The van der Waals surface area contributed by atoms with Gasteiger partial charge in [-0.1, -0.05) is 24.3 Å². The quantitative estimate of drug-likeness (QED) is 0.614. The van der Waals surface area contributed by atoms with Gasteiger partial charge < -0.3 is 4.98 Å². The largest absolute Gasteiger partial charge is 0.364 e. The second kappa shape index (κ2) is 5.45. The van der Waals surface area contributed by atoms with Gasteiger partial charge in [0, 0.05) is 35.9 Å². The summed E-state index contributed by atoms with van der Waals surface area (Å²) in [6.45, 7) is 0. The molecule has 1 atom stereocenters. The van der Waals surface area contributed by atoms with Crippen molar-refractivity contribution in [3.8, 4) is 0 Å². The molecule has 4 rings (SSSR count). The molecule has 0 fully saturated rings. The number of fused-ring (bicyclic) bond motifs is 1. The van der Waals surface area contributed by atoms with Crippen LogP contribution in [-0.2, 0) is 0 Å². The number of H-pyrrole nitrogens is 1. The smallest absolute Gasteiger partial charge is 0.0705 e. The van der Waals surface area contributed by atoms with Gasteiger partial charge in [0.2, 0.25) is 0 Å². The van der Waals surface area contributed by atoms with Crippen LogP contribution in [0.1, 0.15) is 22.7 Å². The van der Waals surface area contributed by atoms with Gasteiger partial charge in [0.1, 0.15) is 0 Å². The molecule has 3 nitrogen and oxygen atoms in total. The summed E-state index contributed by atoms with van der Waals surface area (Å²) in [5.41, 5.74) is 4.58. The van der Waals surface area contributed by atoms with E-state index in [9.17, 15) is 0 Å². The van der Waals surface area contributed by atoms with E-state index in [4.69, 9.17) is 0 Å². The molecule has 0 aliphatic rings. The van der Waals surface area contributed by atoms with Gasteiger partial charge in [0.25, 0.3) is 0 Å². The first-order valence-corrected chi connectivity index (χ1v) is 7.30. The molecule has 3 aromatic heterocycles. The molecule has 0 saturated carbocycles. The summed E-state index contributed by atoms with van der Waals surface area (Å²) in [4.78, 5) is 12.1. The number of pyridine rings is 2. The average Bonchev–Trinajstić information content (AvgIpc) is 3.11. The number of rotatable bonds is 3. The van der Waals surface area contributed by atoms with E-state index in [1.165, 1.54) is 16.5 Å². The normalized spacial score (nSPS) is 12.4. The lowest BCUT2D eigenvalue weighted by molar-refractivity contribution is 0.931. The van der Waals surface area contributed by atoms with Crippen LogP contribution in [0, 0.1) is 0 Å². The summed E-state index contributed by atoms with van der Waals surface area (Å²) in [6.07, 6.45) is 7.53. The molecular formula is C19H15N3. The molecule has 3 heteroatoms. The van der Waals surface area contributed by atoms with Gasteiger partial charge in [-0.05, 0) is 41.5 Å². The molecule has 0 saturated heterocycles. The Hall–Kier alpha value is -2.94. The van der Waals surface area contributed by atoms with Crippen LogP contribution in [0.2, 0.25) is 0 Å². The van der Waals surface area contributed by atoms with Crippen LogP contribution < -0.4 is 0 Å². The molecular weight excluding hydrogens is 270 g/mol. The molecule has 0 bridgehead atoms. The fourth-order valence-corrected chi connectivity index (χ4v) is 2.98. The van der Waals surface area contributed by atoms with Crippen molar-refractivity contribution < 1.29 is 0 Å². The Bertz CT molecular complexity index is 878. The predicted octanol–water partition coefficient (Wildman–Crippen LogP) is 4.14. The van der Waals surface area contributed by atoms with Crippen LogP contribution in [0.15, 0.2) is 79.4 Å². The minimum absolute atomic E-state index is 0.122. The summed E-state index contributed by atoms with van der Waals surface area (Å²) >= 11 is 0. The Balaban J connectivity index is 1.98. The number of aromatic nitrogens is 3. The SMILES string of the molecule is c1cncc(C(c2ccc[nH]2)c2cccc3ncccc23)c1. The molecule has 4 aromatic rings. The molecule has 3 heterocycles. The number of hydrogen-bond acceptors (Lipinski definition) is 2. The fourth-order valence-electron chi connectivity index (χ4n) is 2.98. The van der Waals surface area contributed by atoms with Crippen LogP contribution in [0.5, 0.6) is 0 Å². The molecule has 0 spiro atoms. The highest BCUT2D eigenvalue weighted by Gasteiger charge is 2.19. The standard InChI is InChI=1S/C19H15N3/c1-6-16(15-7-3-11-21-17(15)8-1)19(18-9-4-12-22-18)14-5-2-10-20-13-14/h1-13,19,22H. The van der Waals surface area contributed by atoms with E-state index < -0.39 is 0 Å². The third-order valence-electron chi connectivity index (χ3n) is 3.94. The van der Waals surface area contributed by atoms with E-state index >= 15 is 0 Å². The fraction of sp³-hybridized carbons (Fsp3) is 0.0526. The maximum atomic E-state index is 4.47. The Kier molecular flexibility index (Phi) is 3.16. The maximum Gasteiger partial charge on any atom is 0.0705 e. The van der Waals surface area contributed by atoms with E-state index in [1.807, 2.05) is 42.9 Å². The van der Waals surface area contributed by atoms with E-state index in [0.29, 0.717) is 0 Å². The first kappa shape index (κ1) is 12.8. The van der Waals surface area contributed by atoms with Gasteiger partial charge in [-0.15, -0.1) is 0 Å². The second-order valence-electron chi connectivity index (χ2n) is 5.26. The van der Waals surface area contributed by atoms with Crippen molar-refractivity contribution in [3.05, 3.63) is 96.2 Å². The molecule has 0 aliphatic heterocycles. The number of nitrogens with zero attached hydrogens (tertiary/aromatic N) is 2. The van der Waals surface area contributed by atoms with Crippen molar-refractivity contribution in [2.75, 3.05) is 0 Å². The lowest BCUT2D eigenvalue weighted by Gasteiger charge is -2.18. The van der Waals surface area contributed by atoms with Crippen molar-refractivity contribution in [1.82, 2.24) is 15.0 Å². The van der Waals surface area contributed by atoms with Crippen molar-refractivity contribution >= 4 is 10.9 Å². The molecule has 0 radical (unpaired) electrons. The Labute approximate surface area is 128 Å². The molecule has 0 aliphatic carbocycles. The van der Waals surface area contributed by atoms with E-state index in [-0.39, 0.29) is 5.92 Å². The minimum atomic E-state index is 0.122. The summed E-state index contributed by atoms with van der Waals surface area (Å²) in [5.74, 6) is 0.122. The first-order chi connectivity index (χ1) is 10.9. The molecule has 22 heavy (non-hydrogen) atoms. The molecule has 0 amide bonds. The summed E-state index contributed by atoms with van der Waals surface area (Å²) < 4.78 is 0. The van der Waals surface area contributed by atoms with Crippen molar-refractivity contribution in [2.24, 2.45) is 0 Å². The monoisotopic (exact) mass is 285 g/mol. The lowest BCUT2D eigenvalue weighted by atomic mass is 9.87. The highest BCUT2D eigenvalue weighted by molar-refractivity contribution is 5.83. The zero-order valence-electron chi connectivity index (χ0n) is 12.0. The maximum absolute atomic E-state index is 4.47. The Morgan fingerprint density at radius 3 is 2.64 bits per heavy atom. The third kappa shape index (κ3) is 2.17. The van der Waals surface area contributed by atoms with Crippen LogP contribution in [0.3, 0.4) is 0 Å². The van der Waals surface area contributed by atoms with Gasteiger partial charge in [0.05, 0.1) is 11.4 Å². The minimum Gasteiger partial charge on any atom is -0.364 e. The van der Waals surface area contributed by atoms with Gasteiger partial charge >= 0.3 is 0 Å². The molecule has 106 valence electrons. The highest BCUT2D eigenvalue weighted by atomic mass is 14.7. The average molecular weight is 285 g/mol. The Morgan fingerprint density at radius 1 is 0.864 bits per heavy atom. The lowest BCUT2D eigenvalue weighted by Crippen LogP contribution is -2.05. The second-order valence-corrected chi connectivity index (χ2v) is 5.26. The number of nitrogens with one attached hydrogen (secondary N) is 1. The zero-order chi connectivity index (χ0) is 14.8. The number of aromatic amines is 1. The van der Waals surface area contributed by atoms with Crippen molar-refractivity contribution in [3.63, 3.8) is 0 Å². The number of hydrogen-bond donors (Lipinski definition) is 1. The van der Waals surface area contributed by atoms with Gasteiger partial charge in [-0.3, -0.25) is 9.97 Å². The molecule has 1 unspecified atom stereocenters. The first-order valence-electron chi connectivity index (χ1n) is 7.30. The van der Waals surface area contributed by atoms with Crippen LogP contribution >= 0.6 is 0 Å². The highest BCUT2D eigenvalue weighted by Crippen LogP contribution is 2.34. The van der Waals surface area contributed by atoms with Crippen LogP contribution in [-0.4, -0.2) is 15.0 Å². The van der Waals surface area contributed by atoms with Gasteiger partial charge in [-0.25, -0.2) is 0 Å². The summed E-state index contributed by atoms with van der Waals surface area (Å²) in [7, 11) is 0. The van der Waals surface area contributed by atoms with Gasteiger partial charge in [-0.2, -0.15) is 0 Å². The molecule has 1 N–H and O–H groups in total. The summed E-state index contributed by atoms with van der Waals surface area (Å²) in [5, 5.41) is 1.17. The third-order valence-corrected chi connectivity index (χ3v) is 3.94. The summed E-state index contributed by atoms with van der Waals surface area (Å²) in [6, 6.07) is 18.6. The predicted molar refractivity (Wildman–Crippen MR) is 87.7 cm³/mol. The van der Waals surface area contributed by atoms with Crippen LogP contribution in [0.25, 0.3) is 10.9 Å². The van der Waals surface area contributed by atoms with Gasteiger partial charge in [0.15, 0.2) is 0 Å². The van der Waals surface area contributed by atoms with E-state index in [1.54, 1.807) is 6.20 Å². The van der Waals surface area contributed by atoms with Crippen molar-refractivity contribution in [1.29, 1.82) is 0 Å². The Morgan fingerprint density at radius 2 is 1.82 bits per heavy atom. The van der Waals surface area contributed by atoms with E-state index in [2.05, 4.69) is 45.3 Å². The van der Waals surface area contributed by atoms with Crippen LogP contribution in [0.4, 0.5) is 0 Å². The number of benzene rings is 1. The van der Waals surface area contributed by atoms with E-state index in [0.717, 1.165) is 11.2 Å². The van der Waals surface area contributed by atoms with Crippen molar-refractivity contribution in [2.45, 2.75) is 5.92 Å². The topological polar surface area (TPSA) is 41.6 Å². The molecule has 1 aromatic carbocycles.